The molecule has 1 amide bonds. The van der Waals surface area contributed by atoms with Gasteiger partial charge in [0.15, 0.2) is 5.78 Å². The molecule has 3 fully saturated rings. The number of likely N-dealkylation sites (N-methyl/N-ethyl adjacent to an activating group) is 1. The molecule has 5 N–H and O–H groups in total. The first-order valence-electron chi connectivity index (χ1n) is 18.0. The van der Waals surface area contributed by atoms with Crippen LogP contribution in [-0.4, -0.2) is 95.5 Å². The number of ketones is 1. The van der Waals surface area contributed by atoms with E-state index in [1.54, 1.807) is 11.3 Å². The summed E-state index contributed by atoms with van der Waals surface area (Å²) in [6, 6.07) is -0.252. The first-order valence-corrected chi connectivity index (χ1v) is 18.0. The third-order valence-electron chi connectivity index (χ3n) is 10.6. The van der Waals surface area contributed by atoms with Crippen LogP contribution in [-0.2, 0) is 14.3 Å². The van der Waals surface area contributed by atoms with Crippen LogP contribution in [0.4, 0.5) is 0 Å². The standard InChI is InChI=1S/C35H65N7O4/c1-27(2)46-23-19-33(4,5)39-28(3)31(43)14-22-41(6)26-29(40-36)25-37-20-13-21-38-32(44)30-24-34(15-9-7-10-16-34)42(45)35(30)17-11-8-12-18-35/h25,27-28,30,36-37,39,45H,7-24,26H2,1-6H3,(H,38,44)/b29-25-,40-36?. The molecule has 3 aliphatic rings. The highest BCUT2D eigenvalue weighted by molar-refractivity contribution is 5.83. The molecule has 0 aromatic rings. The highest BCUT2D eigenvalue weighted by Crippen LogP contribution is 2.55. The van der Waals surface area contributed by atoms with Gasteiger partial charge in [0, 0.05) is 56.5 Å². The van der Waals surface area contributed by atoms with E-state index in [1.807, 2.05) is 32.7 Å². The summed E-state index contributed by atoms with van der Waals surface area (Å²) < 4.78 is 5.67. The zero-order valence-corrected chi connectivity index (χ0v) is 29.8. The summed E-state index contributed by atoms with van der Waals surface area (Å²) in [4.78, 5) is 28.3. The average molecular weight is 648 g/mol. The summed E-state index contributed by atoms with van der Waals surface area (Å²) in [5.41, 5.74) is 7.35. The first-order chi connectivity index (χ1) is 21.8. The summed E-state index contributed by atoms with van der Waals surface area (Å²) in [7, 11) is 1.93. The largest absolute Gasteiger partial charge is 0.389 e. The molecule has 11 nitrogen and oxygen atoms in total. The number of hydrogen-bond donors (Lipinski definition) is 5. The number of hydroxylamine groups is 2. The lowest BCUT2D eigenvalue weighted by Gasteiger charge is -2.47. The molecule has 2 spiro atoms. The number of amides is 1. The van der Waals surface area contributed by atoms with E-state index in [0.717, 1.165) is 70.6 Å². The van der Waals surface area contributed by atoms with Crippen LogP contribution < -0.4 is 16.0 Å². The van der Waals surface area contributed by atoms with Crippen LogP contribution in [0.5, 0.6) is 0 Å². The number of carbonyl (C=O) groups is 2. The summed E-state index contributed by atoms with van der Waals surface area (Å²) >= 11 is 0. The number of nitrogens with zero attached hydrogens (tertiary/aromatic N) is 3. The lowest BCUT2D eigenvalue weighted by atomic mass is 9.72. The lowest BCUT2D eigenvalue weighted by Crippen LogP contribution is -2.56. The molecule has 1 saturated heterocycles. The monoisotopic (exact) mass is 648 g/mol. The van der Waals surface area contributed by atoms with E-state index in [2.05, 4.69) is 34.9 Å². The Morgan fingerprint density at radius 2 is 1.74 bits per heavy atom. The molecule has 3 rings (SSSR count). The highest BCUT2D eigenvalue weighted by Gasteiger charge is 2.62. The van der Waals surface area contributed by atoms with Crippen LogP contribution in [0.3, 0.4) is 0 Å². The summed E-state index contributed by atoms with van der Waals surface area (Å²) in [5, 5.41) is 26.8. The van der Waals surface area contributed by atoms with Gasteiger partial charge in [-0.15, -0.1) is 0 Å². The van der Waals surface area contributed by atoms with Gasteiger partial charge >= 0.3 is 0 Å². The van der Waals surface area contributed by atoms with Crippen molar-refractivity contribution >= 4 is 11.7 Å². The van der Waals surface area contributed by atoms with Gasteiger partial charge in [-0.25, -0.2) is 5.53 Å². The van der Waals surface area contributed by atoms with Crippen molar-refractivity contribution in [1.82, 2.24) is 25.9 Å². The third-order valence-corrected chi connectivity index (χ3v) is 10.6. The molecular weight excluding hydrogens is 582 g/mol. The minimum absolute atomic E-state index is 0.0881. The van der Waals surface area contributed by atoms with Crippen molar-refractivity contribution in [3.8, 4) is 0 Å². The molecule has 46 heavy (non-hydrogen) atoms. The van der Waals surface area contributed by atoms with Crippen molar-refractivity contribution in [2.75, 3.05) is 39.8 Å². The van der Waals surface area contributed by atoms with Gasteiger partial charge in [0.1, 0.15) is 0 Å². The van der Waals surface area contributed by atoms with Gasteiger partial charge in [0.2, 0.25) is 5.91 Å². The average Bonchev–Trinajstić information content (AvgIpc) is 3.23. The number of Topliss-reactive ketones (excluding diaryl/α,β-unsaturated/α-hetero) is 1. The van der Waals surface area contributed by atoms with Crippen molar-refractivity contribution in [2.45, 2.75) is 153 Å². The van der Waals surface area contributed by atoms with Crippen molar-refractivity contribution in [1.29, 1.82) is 5.53 Å². The maximum Gasteiger partial charge on any atom is 0.225 e. The Bertz CT molecular complexity index is 1000. The lowest BCUT2D eigenvalue weighted by molar-refractivity contribution is -0.231. The number of ether oxygens (including phenoxy) is 1. The van der Waals surface area contributed by atoms with Crippen LogP contribution in [0.25, 0.3) is 0 Å². The zero-order valence-electron chi connectivity index (χ0n) is 29.8. The van der Waals surface area contributed by atoms with Gasteiger partial charge in [-0.1, -0.05) is 38.5 Å². The molecule has 0 aromatic carbocycles. The first kappa shape index (κ1) is 38.5. The second kappa shape index (κ2) is 18.0. The van der Waals surface area contributed by atoms with E-state index in [9.17, 15) is 14.8 Å². The molecule has 2 unspecified atom stereocenters. The summed E-state index contributed by atoms with van der Waals surface area (Å²) in [5.74, 6) is 0.0884. The molecule has 0 aromatic heterocycles. The molecule has 0 radical (unpaired) electrons. The number of rotatable bonds is 19. The fraction of sp³-hybridized carbons (Fsp3) is 0.886. The Balaban J connectivity index is 1.37. The molecule has 2 aliphatic carbocycles. The van der Waals surface area contributed by atoms with E-state index in [-0.39, 0.29) is 40.8 Å². The van der Waals surface area contributed by atoms with Gasteiger partial charge in [0.05, 0.1) is 29.3 Å². The van der Waals surface area contributed by atoms with Crippen molar-refractivity contribution < 1.29 is 19.5 Å². The van der Waals surface area contributed by atoms with Crippen molar-refractivity contribution in [3.63, 3.8) is 0 Å². The number of carbonyl (C=O) groups excluding carboxylic acids is 2. The predicted octanol–water partition coefficient (Wildman–Crippen LogP) is 5.53. The molecule has 1 aliphatic heterocycles. The Kier molecular flexibility index (Phi) is 15.1. The van der Waals surface area contributed by atoms with Gasteiger partial charge in [-0.2, -0.15) is 10.2 Å². The van der Waals surface area contributed by atoms with Crippen LogP contribution in [0.1, 0.15) is 125 Å². The van der Waals surface area contributed by atoms with Gasteiger partial charge in [-0.3, -0.25) is 14.5 Å². The second-order valence-corrected chi connectivity index (χ2v) is 15.2. The molecule has 264 valence electrons. The predicted molar refractivity (Wildman–Crippen MR) is 182 cm³/mol. The van der Waals surface area contributed by atoms with Crippen LogP contribution in [0.2, 0.25) is 0 Å². The maximum atomic E-state index is 13.5. The summed E-state index contributed by atoms with van der Waals surface area (Å²) in [6.45, 7) is 13.1. The van der Waals surface area contributed by atoms with Crippen LogP contribution >= 0.6 is 0 Å². The molecule has 0 bridgehead atoms. The van der Waals surface area contributed by atoms with E-state index in [4.69, 9.17) is 10.3 Å². The molecular formula is C35H65N7O4. The minimum atomic E-state index is -0.407. The molecule has 1 heterocycles. The quantitative estimate of drug-likeness (QED) is 0.0910. The van der Waals surface area contributed by atoms with Gasteiger partial charge < -0.3 is 25.9 Å². The zero-order chi connectivity index (χ0) is 33.8. The molecule has 11 heteroatoms. The normalized spacial score (nSPS) is 22.5. The Hall–Kier alpha value is -1.92. The van der Waals surface area contributed by atoms with E-state index in [0.29, 0.717) is 44.9 Å². The summed E-state index contributed by atoms with van der Waals surface area (Å²) in [6.07, 6.45) is 15.3. The van der Waals surface area contributed by atoms with Crippen molar-refractivity contribution in [2.24, 2.45) is 11.0 Å². The third kappa shape index (κ3) is 10.8. The fourth-order valence-corrected chi connectivity index (χ4v) is 7.95. The fourth-order valence-electron chi connectivity index (χ4n) is 7.95. The van der Waals surface area contributed by atoms with Gasteiger partial charge in [-0.05, 0) is 86.6 Å². The van der Waals surface area contributed by atoms with E-state index < -0.39 is 5.54 Å². The van der Waals surface area contributed by atoms with E-state index in [1.165, 1.54) is 12.8 Å². The van der Waals surface area contributed by atoms with E-state index >= 15 is 0 Å². The maximum absolute atomic E-state index is 13.5. The second-order valence-electron chi connectivity index (χ2n) is 15.2. The Labute approximate surface area is 278 Å². The SMILES string of the molecule is CC(C)OCCC(C)(C)NC(C)C(=O)CCN(C)C/C(=C/NCCCNC(=O)C1CC2(CCCCC2)N(O)C12CCCCC2)N=N. The van der Waals surface area contributed by atoms with Crippen molar-refractivity contribution in [3.05, 3.63) is 11.9 Å². The van der Waals surface area contributed by atoms with Crippen LogP contribution in [0.15, 0.2) is 17.0 Å². The van der Waals surface area contributed by atoms with Gasteiger partial charge in [0.25, 0.3) is 0 Å². The molecule has 2 saturated carbocycles. The topological polar surface area (TPSA) is 142 Å². The molecule has 2 atom stereocenters. The van der Waals surface area contributed by atoms with Crippen LogP contribution in [0, 0.1) is 11.4 Å². The number of nitrogens with one attached hydrogen (secondary N) is 4. The highest BCUT2D eigenvalue weighted by atomic mass is 16.5. The smallest absolute Gasteiger partial charge is 0.225 e. The minimum Gasteiger partial charge on any atom is -0.389 e. The Morgan fingerprint density at radius 1 is 1.09 bits per heavy atom. The number of hydrogen-bond acceptors (Lipinski definition) is 10. The Morgan fingerprint density at radius 3 is 2.37 bits per heavy atom.